The molecule has 0 bridgehead atoms. The van der Waals surface area contributed by atoms with Crippen LogP contribution >= 0.6 is 0 Å². The summed E-state index contributed by atoms with van der Waals surface area (Å²) in [5, 5.41) is 0. The first-order chi connectivity index (χ1) is 7.63. The van der Waals surface area contributed by atoms with E-state index in [0.29, 0.717) is 12.5 Å². The molecule has 2 rings (SSSR count). The Bertz CT molecular complexity index is 414. The topological polar surface area (TPSA) is 39.2 Å². The fourth-order valence-corrected chi connectivity index (χ4v) is 2.45. The van der Waals surface area contributed by atoms with Crippen LogP contribution in [0.2, 0.25) is 0 Å². The van der Waals surface area contributed by atoms with Crippen molar-refractivity contribution < 1.29 is 9.53 Å². The van der Waals surface area contributed by atoms with Crippen molar-refractivity contribution in [2.45, 2.75) is 33.1 Å². The van der Waals surface area contributed by atoms with Crippen molar-refractivity contribution in [3.8, 4) is 0 Å². The first kappa shape index (κ1) is 11.1. The number of carbonyl (C=O) groups excluding carboxylic acids is 1. The van der Waals surface area contributed by atoms with E-state index < -0.39 is 0 Å². The van der Waals surface area contributed by atoms with Crippen LogP contribution in [0.3, 0.4) is 0 Å². The average molecular weight is 219 g/mol. The van der Waals surface area contributed by atoms with Gasteiger partial charge in [0, 0.05) is 11.9 Å². The van der Waals surface area contributed by atoms with Crippen LogP contribution in [0, 0.1) is 12.8 Å². The number of fused-ring (bicyclic) bond motifs is 1. The van der Waals surface area contributed by atoms with Crippen molar-refractivity contribution in [3.63, 3.8) is 0 Å². The summed E-state index contributed by atoms with van der Waals surface area (Å²) in [6.07, 6.45) is 2.78. The Kier molecular flexibility index (Phi) is 2.95. The molecule has 16 heavy (non-hydrogen) atoms. The third-order valence-corrected chi connectivity index (χ3v) is 3.15. The number of carbonyl (C=O) groups is 1. The van der Waals surface area contributed by atoms with E-state index in [9.17, 15) is 4.79 Å². The quantitative estimate of drug-likeness (QED) is 0.716. The number of aromatic nitrogens is 1. The van der Waals surface area contributed by atoms with Gasteiger partial charge in [0.25, 0.3) is 0 Å². The minimum Gasteiger partial charge on any atom is -0.466 e. The number of hydrogen-bond acceptors (Lipinski definition) is 3. The first-order valence-corrected chi connectivity index (χ1v) is 5.75. The second-order valence-electron chi connectivity index (χ2n) is 4.44. The molecule has 0 N–H and O–H groups in total. The third kappa shape index (κ3) is 1.82. The fourth-order valence-electron chi connectivity index (χ4n) is 2.45. The molecule has 0 aliphatic heterocycles. The van der Waals surface area contributed by atoms with Crippen LogP contribution < -0.4 is 0 Å². The number of nitrogens with zero attached hydrogens (tertiary/aromatic N) is 1. The molecular weight excluding hydrogens is 202 g/mol. The van der Waals surface area contributed by atoms with Gasteiger partial charge in [-0.3, -0.25) is 9.78 Å². The van der Waals surface area contributed by atoms with Crippen molar-refractivity contribution >= 4 is 5.97 Å². The summed E-state index contributed by atoms with van der Waals surface area (Å²) < 4.78 is 5.12. The summed E-state index contributed by atoms with van der Waals surface area (Å²) in [5.41, 5.74) is 3.31. The van der Waals surface area contributed by atoms with E-state index in [4.69, 9.17) is 4.74 Å². The van der Waals surface area contributed by atoms with E-state index in [0.717, 1.165) is 17.7 Å². The van der Waals surface area contributed by atoms with Crippen LogP contribution in [0.4, 0.5) is 0 Å². The zero-order chi connectivity index (χ0) is 11.7. The molecule has 2 atom stereocenters. The Balaban J connectivity index is 2.32. The lowest BCUT2D eigenvalue weighted by Crippen LogP contribution is -2.19. The van der Waals surface area contributed by atoms with Crippen molar-refractivity contribution in [2.75, 3.05) is 6.61 Å². The van der Waals surface area contributed by atoms with Crippen molar-refractivity contribution in [3.05, 3.63) is 29.1 Å². The molecule has 2 unspecified atom stereocenters. The zero-order valence-electron chi connectivity index (χ0n) is 9.99. The highest BCUT2D eigenvalue weighted by Gasteiger charge is 2.36. The Hall–Kier alpha value is -1.38. The lowest BCUT2D eigenvalue weighted by Gasteiger charge is -2.14. The Morgan fingerprint density at radius 1 is 1.62 bits per heavy atom. The minimum absolute atomic E-state index is 0.112. The zero-order valence-corrected chi connectivity index (χ0v) is 9.99. The molecule has 0 radical (unpaired) electrons. The average Bonchev–Trinajstić information content (AvgIpc) is 2.53. The number of hydrogen-bond donors (Lipinski definition) is 0. The lowest BCUT2D eigenvalue weighted by molar-refractivity contribution is -0.145. The molecule has 0 spiro atoms. The molecule has 1 aromatic heterocycles. The molecule has 0 amide bonds. The van der Waals surface area contributed by atoms with E-state index in [1.807, 2.05) is 20.0 Å². The van der Waals surface area contributed by atoms with Crippen LogP contribution in [0.15, 0.2) is 12.3 Å². The number of esters is 1. The Morgan fingerprint density at radius 3 is 3.06 bits per heavy atom. The SMILES string of the molecule is CCOC(=O)C1c2cnc(C)cc2CC1C. The second-order valence-corrected chi connectivity index (χ2v) is 4.44. The van der Waals surface area contributed by atoms with Crippen LogP contribution in [0.1, 0.15) is 36.6 Å². The maximum atomic E-state index is 11.9. The van der Waals surface area contributed by atoms with E-state index >= 15 is 0 Å². The van der Waals surface area contributed by atoms with Crippen LogP contribution in [-0.4, -0.2) is 17.6 Å². The monoisotopic (exact) mass is 219 g/mol. The van der Waals surface area contributed by atoms with Gasteiger partial charge in [-0.1, -0.05) is 6.92 Å². The molecule has 86 valence electrons. The molecule has 1 aliphatic carbocycles. The number of ether oxygens (including phenoxy) is 1. The second kappa shape index (κ2) is 4.24. The van der Waals surface area contributed by atoms with Gasteiger partial charge >= 0.3 is 5.97 Å². The van der Waals surface area contributed by atoms with Crippen LogP contribution in [0.25, 0.3) is 0 Å². The smallest absolute Gasteiger partial charge is 0.313 e. The summed E-state index contributed by atoms with van der Waals surface area (Å²) in [6, 6.07) is 2.07. The highest BCUT2D eigenvalue weighted by atomic mass is 16.5. The molecule has 1 aromatic rings. The summed E-state index contributed by atoms with van der Waals surface area (Å²) in [4.78, 5) is 16.1. The van der Waals surface area contributed by atoms with Crippen molar-refractivity contribution in [1.82, 2.24) is 4.98 Å². The van der Waals surface area contributed by atoms with Gasteiger partial charge in [-0.2, -0.15) is 0 Å². The summed E-state index contributed by atoms with van der Waals surface area (Å²) in [7, 11) is 0. The minimum atomic E-state index is -0.122. The molecule has 3 nitrogen and oxygen atoms in total. The molecule has 0 saturated heterocycles. The van der Waals surface area contributed by atoms with E-state index in [1.54, 1.807) is 0 Å². The molecular formula is C13H17NO2. The van der Waals surface area contributed by atoms with Crippen LogP contribution in [-0.2, 0) is 16.0 Å². The Morgan fingerprint density at radius 2 is 2.38 bits per heavy atom. The number of aryl methyl sites for hydroxylation is 1. The standard InChI is InChI=1S/C13H17NO2/c1-4-16-13(15)12-8(2)5-10-6-9(3)14-7-11(10)12/h6-8,12H,4-5H2,1-3H3. The molecule has 0 aromatic carbocycles. The molecule has 1 aliphatic rings. The van der Waals surface area contributed by atoms with Gasteiger partial charge in [-0.25, -0.2) is 0 Å². The number of rotatable bonds is 2. The van der Waals surface area contributed by atoms with Crippen molar-refractivity contribution in [1.29, 1.82) is 0 Å². The highest BCUT2D eigenvalue weighted by Crippen LogP contribution is 2.38. The maximum Gasteiger partial charge on any atom is 0.313 e. The van der Waals surface area contributed by atoms with E-state index in [-0.39, 0.29) is 11.9 Å². The maximum absolute atomic E-state index is 11.9. The van der Waals surface area contributed by atoms with Gasteiger partial charge in [0.05, 0.1) is 12.5 Å². The summed E-state index contributed by atoms with van der Waals surface area (Å²) in [5.74, 6) is 0.0834. The molecule has 3 heteroatoms. The molecule has 1 heterocycles. The summed E-state index contributed by atoms with van der Waals surface area (Å²) >= 11 is 0. The van der Waals surface area contributed by atoms with Gasteiger partial charge in [0.1, 0.15) is 0 Å². The predicted octanol–water partition coefficient (Wildman–Crippen LogP) is 2.23. The molecule has 0 fully saturated rings. The summed E-state index contributed by atoms with van der Waals surface area (Å²) in [6.45, 7) is 6.35. The third-order valence-electron chi connectivity index (χ3n) is 3.15. The Labute approximate surface area is 95.8 Å². The van der Waals surface area contributed by atoms with Gasteiger partial charge < -0.3 is 4.74 Å². The first-order valence-electron chi connectivity index (χ1n) is 5.75. The largest absolute Gasteiger partial charge is 0.466 e. The van der Waals surface area contributed by atoms with Crippen LogP contribution in [0.5, 0.6) is 0 Å². The number of pyridine rings is 1. The van der Waals surface area contributed by atoms with E-state index in [1.165, 1.54) is 5.56 Å². The van der Waals surface area contributed by atoms with Gasteiger partial charge in [-0.05, 0) is 43.4 Å². The van der Waals surface area contributed by atoms with Gasteiger partial charge in [-0.15, -0.1) is 0 Å². The predicted molar refractivity (Wildman–Crippen MR) is 61.2 cm³/mol. The molecule has 0 saturated carbocycles. The fraction of sp³-hybridized carbons (Fsp3) is 0.538. The lowest BCUT2D eigenvalue weighted by atomic mass is 9.95. The van der Waals surface area contributed by atoms with Gasteiger partial charge in [0.15, 0.2) is 0 Å². The van der Waals surface area contributed by atoms with Crippen molar-refractivity contribution in [2.24, 2.45) is 5.92 Å². The normalized spacial score (nSPS) is 22.9. The van der Waals surface area contributed by atoms with E-state index in [2.05, 4.69) is 18.0 Å². The highest BCUT2D eigenvalue weighted by molar-refractivity contribution is 5.80. The van der Waals surface area contributed by atoms with Gasteiger partial charge in [0.2, 0.25) is 0 Å².